The zero-order chi connectivity index (χ0) is 17.0. The molecule has 23 heavy (non-hydrogen) atoms. The van der Waals surface area contributed by atoms with Gasteiger partial charge in [-0.1, -0.05) is 32.4 Å². The Morgan fingerprint density at radius 1 is 1.00 bits per heavy atom. The van der Waals surface area contributed by atoms with E-state index in [1.807, 2.05) is 0 Å². The van der Waals surface area contributed by atoms with E-state index in [2.05, 4.69) is 31.6 Å². The highest BCUT2D eigenvalue weighted by molar-refractivity contribution is 6.30. The van der Waals surface area contributed by atoms with Crippen LogP contribution in [0.4, 0.5) is 0 Å². The Balaban J connectivity index is 1.79. The molecule has 5 heteroatoms. The Kier molecular flexibility index (Phi) is 5.69. The Morgan fingerprint density at radius 3 is 2.09 bits per heavy atom. The lowest BCUT2D eigenvalue weighted by atomic mass is 9.70. The number of hydrogen-bond donors (Lipinski definition) is 2. The fraction of sp³-hybridized carbons (Fsp3) is 0.556. The average molecular weight is 337 g/mol. The summed E-state index contributed by atoms with van der Waals surface area (Å²) in [6, 6.07) is 6.54. The van der Waals surface area contributed by atoms with Crippen molar-refractivity contribution in [3.05, 3.63) is 34.9 Å². The predicted molar refractivity (Wildman–Crippen MR) is 92.0 cm³/mol. The molecule has 0 radical (unpaired) electrons. The molecule has 0 atom stereocenters. The minimum absolute atomic E-state index is 0.0147. The number of halogens is 1. The van der Waals surface area contributed by atoms with E-state index < -0.39 is 0 Å². The van der Waals surface area contributed by atoms with Gasteiger partial charge >= 0.3 is 0 Å². The molecule has 2 N–H and O–H groups in total. The van der Waals surface area contributed by atoms with Crippen LogP contribution in [0.25, 0.3) is 0 Å². The topological polar surface area (TPSA) is 58.2 Å². The van der Waals surface area contributed by atoms with Crippen LogP contribution in [0.1, 0.15) is 56.8 Å². The van der Waals surface area contributed by atoms with Crippen LogP contribution >= 0.6 is 11.6 Å². The Morgan fingerprint density at radius 2 is 1.57 bits per heavy atom. The molecule has 0 saturated heterocycles. The van der Waals surface area contributed by atoms with Crippen molar-refractivity contribution < 1.29 is 9.59 Å². The Labute approximate surface area is 143 Å². The van der Waals surface area contributed by atoms with E-state index in [1.54, 1.807) is 24.3 Å². The van der Waals surface area contributed by atoms with Gasteiger partial charge in [-0.3, -0.25) is 20.4 Å². The molecule has 1 fully saturated rings. The summed E-state index contributed by atoms with van der Waals surface area (Å²) in [5, 5.41) is 0.571. The van der Waals surface area contributed by atoms with E-state index in [0.29, 0.717) is 21.9 Å². The SMILES string of the molecule is CC(C)(C)C1CCC(C(=O)NNC(=O)c2ccc(Cl)cc2)CC1. The first-order valence-electron chi connectivity index (χ1n) is 8.13. The van der Waals surface area contributed by atoms with Gasteiger partial charge in [0.1, 0.15) is 0 Å². The molecule has 0 bridgehead atoms. The molecule has 1 saturated carbocycles. The van der Waals surface area contributed by atoms with E-state index >= 15 is 0 Å². The van der Waals surface area contributed by atoms with Gasteiger partial charge in [0.05, 0.1) is 0 Å². The van der Waals surface area contributed by atoms with Gasteiger partial charge in [-0.15, -0.1) is 0 Å². The van der Waals surface area contributed by atoms with Crippen LogP contribution in [0.2, 0.25) is 5.02 Å². The van der Waals surface area contributed by atoms with E-state index in [9.17, 15) is 9.59 Å². The Bertz CT molecular complexity index is 555. The number of amides is 2. The molecule has 1 aromatic rings. The maximum absolute atomic E-state index is 12.2. The number of hydrogen-bond acceptors (Lipinski definition) is 2. The van der Waals surface area contributed by atoms with Crippen molar-refractivity contribution in [2.24, 2.45) is 17.3 Å². The molecule has 0 unspecified atom stereocenters. The average Bonchev–Trinajstić information content (AvgIpc) is 2.52. The van der Waals surface area contributed by atoms with Crippen molar-refractivity contribution in [3.8, 4) is 0 Å². The van der Waals surface area contributed by atoms with Gasteiger partial charge in [0.15, 0.2) is 0 Å². The first kappa shape index (κ1) is 17.8. The lowest BCUT2D eigenvalue weighted by Gasteiger charge is -2.36. The number of hydrazine groups is 1. The zero-order valence-electron chi connectivity index (χ0n) is 14.0. The third-order valence-electron chi connectivity index (χ3n) is 4.73. The highest BCUT2D eigenvalue weighted by atomic mass is 35.5. The molecule has 0 heterocycles. The van der Waals surface area contributed by atoms with Crippen LogP contribution in [0, 0.1) is 17.3 Å². The second kappa shape index (κ2) is 7.35. The minimum atomic E-state index is -0.335. The van der Waals surface area contributed by atoms with Crippen molar-refractivity contribution in [3.63, 3.8) is 0 Å². The van der Waals surface area contributed by atoms with Gasteiger partial charge in [0, 0.05) is 16.5 Å². The minimum Gasteiger partial charge on any atom is -0.273 e. The molecule has 1 aliphatic rings. The van der Waals surface area contributed by atoms with Gasteiger partial charge < -0.3 is 0 Å². The second-order valence-corrected chi connectivity index (χ2v) is 7.80. The number of carbonyl (C=O) groups excluding carboxylic acids is 2. The molecule has 126 valence electrons. The van der Waals surface area contributed by atoms with Crippen molar-refractivity contribution in [2.75, 3.05) is 0 Å². The van der Waals surface area contributed by atoms with E-state index in [4.69, 9.17) is 11.6 Å². The molecule has 1 aromatic carbocycles. The predicted octanol–water partition coefficient (Wildman–Crippen LogP) is 3.95. The number of carbonyl (C=O) groups is 2. The largest absolute Gasteiger partial charge is 0.273 e. The molecule has 0 aromatic heterocycles. The highest BCUT2D eigenvalue weighted by Gasteiger charge is 2.32. The van der Waals surface area contributed by atoms with Crippen LogP contribution in [0.5, 0.6) is 0 Å². The monoisotopic (exact) mass is 336 g/mol. The highest BCUT2D eigenvalue weighted by Crippen LogP contribution is 2.39. The molecular formula is C18H25ClN2O2. The maximum atomic E-state index is 12.2. The first-order chi connectivity index (χ1) is 10.8. The maximum Gasteiger partial charge on any atom is 0.269 e. The van der Waals surface area contributed by atoms with Crippen LogP contribution in [-0.4, -0.2) is 11.8 Å². The number of nitrogens with one attached hydrogen (secondary N) is 2. The summed E-state index contributed by atoms with van der Waals surface area (Å²) >= 11 is 5.79. The molecule has 4 nitrogen and oxygen atoms in total. The first-order valence-corrected chi connectivity index (χ1v) is 8.51. The lowest BCUT2D eigenvalue weighted by Crippen LogP contribution is -2.45. The molecule has 2 amide bonds. The molecule has 0 spiro atoms. The fourth-order valence-electron chi connectivity index (χ4n) is 3.12. The third kappa shape index (κ3) is 4.96. The Hall–Kier alpha value is -1.55. The van der Waals surface area contributed by atoms with Crippen LogP contribution < -0.4 is 10.9 Å². The van der Waals surface area contributed by atoms with Crippen molar-refractivity contribution in [2.45, 2.75) is 46.5 Å². The quantitative estimate of drug-likeness (QED) is 0.803. The smallest absolute Gasteiger partial charge is 0.269 e. The molecule has 0 aliphatic heterocycles. The van der Waals surface area contributed by atoms with Gasteiger partial charge in [-0.05, 0) is 61.3 Å². The van der Waals surface area contributed by atoms with Crippen LogP contribution in [-0.2, 0) is 4.79 Å². The van der Waals surface area contributed by atoms with Gasteiger partial charge in [-0.2, -0.15) is 0 Å². The van der Waals surface area contributed by atoms with Crippen molar-refractivity contribution in [1.29, 1.82) is 0 Å². The van der Waals surface area contributed by atoms with Crippen molar-refractivity contribution in [1.82, 2.24) is 10.9 Å². The molecular weight excluding hydrogens is 312 g/mol. The summed E-state index contributed by atoms with van der Waals surface area (Å²) in [7, 11) is 0. The normalized spacial score (nSPS) is 21.6. The number of rotatable bonds is 2. The number of benzene rings is 1. The molecule has 2 rings (SSSR count). The van der Waals surface area contributed by atoms with Gasteiger partial charge in [-0.25, -0.2) is 0 Å². The molecule has 1 aliphatic carbocycles. The van der Waals surface area contributed by atoms with Crippen LogP contribution in [0.15, 0.2) is 24.3 Å². The summed E-state index contributed by atoms with van der Waals surface area (Å²) in [6.45, 7) is 6.76. The van der Waals surface area contributed by atoms with Gasteiger partial charge in [0.25, 0.3) is 5.91 Å². The van der Waals surface area contributed by atoms with E-state index in [-0.39, 0.29) is 17.7 Å². The van der Waals surface area contributed by atoms with Crippen molar-refractivity contribution >= 4 is 23.4 Å². The van der Waals surface area contributed by atoms with E-state index in [0.717, 1.165) is 25.7 Å². The summed E-state index contributed by atoms with van der Waals surface area (Å²) in [5.74, 6) is 0.215. The lowest BCUT2D eigenvalue weighted by molar-refractivity contribution is -0.127. The van der Waals surface area contributed by atoms with Gasteiger partial charge in [0.2, 0.25) is 5.91 Å². The summed E-state index contributed by atoms with van der Waals surface area (Å²) in [6.07, 6.45) is 3.88. The third-order valence-corrected chi connectivity index (χ3v) is 4.98. The van der Waals surface area contributed by atoms with Crippen LogP contribution in [0.3, 0.4) is 0 Å². The standard InChI is InChI=1S/C18H25ClN2O2/c1-18(2,3)14-8-4-12(5-9-14)16(22)20-21-17(23)13-6-10-15(19)11-7-13/h6-7,10-12,14H,4-5,8-9H2,1-3H3,(H,20,22)(H,21,23). The summed E-state index contributed by atoms with van der Waals surface area (Å²) < 4.78 is 0. The zero-order valence-corrected chi connectivity index (χ0v) is 14.7. The second-order valence-electron chi connectivity index (χ2n) is 7.36. The fourth-order valence-corrected chi connectivity index (χ4v) is 3.24. The summed E-state index contributed by atoms with van der Waals surface area (Å²) in [5.41, 5.74) is 5.78. The summed E-state index contributed by atoms with van der Waals surface area (Å²) in [4.78, 5) is 24.2. The van der Waals surface area contributed by atoms with E-state index in [1.165, 1.54) is 0 Å².